The summed E-state index contributed by atoms with van der Waals surface area (Å²) in [6.45, 7) is 13.1. The lowest BCUT2D eigenvalue weighted by Gasteiger charge is -2.29. The third-order valence-corrected chi connectivity index (χ3v) is 2.59. The Bertz CT molecular complexity index is 143. The third kappa shape index (κ3) is 2.76. The van der Waals surface area contributed by atoms with Gasteiger partial charge in [-0.15, -0.1) is 0 Å². The highest BCUT2D eigenvalue weighted by molar-refractivity contribution is 4.80. The van der Waals surface area contributed by atoms with Crippen molar-refractivity contribution in [2.24, 2.45) is 5.41 Å². The normalized spacial score (nSPS) is 27.0. The Morgan fingerprint density at radius 2 is 1.83 bits per heavy atom. The van der Waals surface area contributed by atoms with Crippen molar-refractivity contribution in [1.82, 2.24) is 9.80 Å². The molecule has 0 amide bonds. The van der Waals surface area contributed by atoms with Crippen molar-refractivity contribution in [3.05, 3.63) is 0 Å². The fraction of sp³-hybridized carbons (Fsp3) is 1.00. The second kappa shape index (κ2) is 3.75. The highest BCUT2D eigenvalue weighted by atomic mass is 15.2. The van der Waals surface area contributed by atoms with E-state index in [9.17, 15) is 0 Å². The second-order valence-electron chi connectivity index (χ2n) is 4.77. The maximum Gasteiger partial charge on any atom is 0.0109 e. The molecule has 0 saturated carbocycles. The first-order valence-electron chi connectivity index (χ1n) is 4.94. The van der Waals surface area contributed by atoms with Gasteiger partial charge in [0.15, 0.2) is 0 Å². The van der Waals surface area contributed by atoms with E-state index >= 15 is 0 Å². The van der Waals surface area contributed by atoms with Crippen LogP contribution in [0.2, 0.25) is 0 Å². The lowest BCUT2D eigenvalue weighted by atomic mass is 9.93. The zero-order chi connectivity index (χ0) is 9.19. The molecule has 2 nitrogen and oxygen atoms in total. The summed E-state index contributed by atoms with van der Waals surface area (Å²) in [5.41, 5.74) is 0.460. The fourth-order valence-electron chi connectivity index (χ4n) is 2.13. The lowest BCUT2D eigenvalue weighted by Crippen LogP contribution is -2.35. The van der Waals surface area contributed by atoms with Crippen molar-refractivity contribution in [2.75, 3.05) is 39.8 Å². The first-order chi connectivity index (χ1) is 5.53. The van der Waals surface area contributed by atoms with Gasteiger partial charge in [-0.25, -0.2) is 0 Å². The van der Waals surface area contributed by atoms with Crippen LogP contribution in [0.1, 0.15) is 20.8 Å². The van der Waals surface area contributed by atoms with Crippen molar-refractivity contribution in [3.8, 4) is 0 Å². The Kier molecular flexibility index (Phi) is 3.13. The molecule has 0 aromatic carbocycles. The molecule has 0 radical (unpaired) electrons. The maximum absolute atomic E-state index is 2.55. The van der Waals surface area contributed by atoms with E-state index < -0.39 is 0 Å². The lowest BCUT2D eigenvalue weighted by molar-refractivity contribution is 0.200. The minimum atomic E-state index is 0.460. The Morgan fingerprint density at radius 3 is 2.42 bits per heavy atom. The molecule has 0 aromatic heterocycles. The molecule has 1 aliphatic rings. The smallest absolute Gasteiger partial charge is 0.0109 e. The molecule has 2 heteroatoms. The molecule has 0 atom stereocenters. The molecule has 0 N–H and O–H groups in total. The Balaban J connectivity index is 2.56. The van der Waals surface area contributed by atoms with Crippen molar-refractivity contribution >= 4 is 0 Å². The molecule has 12 heavy (non-hydrogen) atoms. The van der Waals surface area contributed by atoms with Gasteiger partial charge in [-0.3, -0.25) is 0 Å². The molecule has 0 aromatic rings. The molecule has 1 saturated heterocycles. The molecule has 0 bridgehead atoms. The van der Waals surface area contributed by atoms with Crippen LogP contribution in [0.15, 0.2) is 0 Å². The van der Waals surface area contributed by atoms with E-state index in [0.29, 0.717) is 5.41 Å². The highest BCUT2D eigenvalue weighted by Gasteiger charge is 2.25. The maximum atomic E-state index is 2.55. The molecule has 1 fully saturated rings. The largest absolute Gasteiger partial charge is 0.305 e. The summed E-state index contributed by atoms with van der Waals surface area (Å²) < 4.78 is 0. The van der Waals surface area contributed by atoms with Crippen molar-refractivity contribution in [1.29, 1.82) is 0 Å². The van der Waals surface area contributed by atoms with Crippen LogP contribution in [-0.2, 0) is 0 Å². The molecule has 1 aliphatic heterocycles. The zero-order valence-electron chi connectivity index (χ0n) is 8.93. The minimum Gasteiger partial charge on any atom is -0.305 e. The Hall–Kier alpha value is -0.0800. The zero-order valence-corrected chi connectivity index (χ0v) is 8.93. The quantitative estimate of drug-likeness (QED) is 0.585. The van der Waals surface area contributed by atoms with Gasteiger partial charge in [0.05, 0.1) is 0 Å². The minimum absolute atomic E-state index is 0.460. The first-order valence-corrected chi connectivity index (χ1v) is 4.94. The van der Waals surface area contributed by atoms with Crippen LogP contribution >= 0.6 is 0 Å². The molecule has 1 heterocycles. The van der Waals surface area contributed by atoms with Crippen LogP contribution in [0.5, 0.6) is 0 Å². The number of rotatable bonds is 1. The van der Waals surface area contributed by atoms with Crippen molar-refractivity contribution in [3.63, 3.8) is 0 Å². The first kappa shape index (κ1) is 10.0. The van der Waals surface area contributed by atoms with Crippen LogP contribution in [0.3, 0.4) is 0 Å². The Labute approximate surface area is 76.5 Å². The van der Waals surface area contributed by atoms with E-state index in [1.165, 1.54) is 32.7 Å². The van der Waals surface area contributed by atoms with Gasteiger partial charge in [-0.05, 0) is 19.0 Å². The summed E-state index contributed by atoms with van der Waals surface area (Å²) in [5.74, 6) is 0. The van der Waals surface area contributed by atoms with Crippen LogP contribution in [-0.4, -0.2) is 49.6 Å². The fourth-order valence-corrected chi connectivity index (χ4v) is 2.13. The van der Waals surface area contributed by atoms with Gasteiger partial charge in [0, 0.05) is 26.2 Å². The van der Waals surface area contributed by atoms with Gasteiger partial charge in [-0.2, -0.15) is 0 Å². The van der Waals surface area contributed by atoms with E-state index in [1.54, 1.807) is 0 Å². The number of hydrogen-bond acceptors (Lipinski definition) is 2. The Morgan fingerprint density at radius 1 is 1.17 bits per heavy atom. The summed E-state index contributed by atoms with van der Waals surface area (Å²) in [7, 11) is 2.22. The third-order valence-electron chi connectivity index (χ3n) is 2.59. The van der Waals surface area contributed by atoms with Gasteiger partial charge >= 0.3 is 0 Å². The van der Waals surface area contributed by atoms with Gasteiger partial charge in [-0.1, -0.05) is 20.8 Å². The van der Waals surface area contributed by atoms with Crippen LogP contribution < -0.4 is 0 Å². The van der Waals surface area contributed by atoms with E-state index in [2.05, 4.69) is 37.6 Å². The summed E-state index contributed by atoms with van der Waals surface area (Å²) in [6, 6.07) is 0. The number of nitrogens with zero attached hydrogens (tertiary/aromatic N) is 2. The summed E-state index contributed by atoms with van der Waals surface area (Å²) in [4.78, 5) is 4.99. The van der Waals surface area contributed by atoms with Gasteiger partial charge in [0.25, 0.3) is 0 Å². The SMILES string of the molecule is CCN1CCN(C)CC(C)(C)C1. The summed E-state index contributed by atoms with van der Waals surface area (Å²) >= 11 is 0. The van der Waals surface area contributed by atoms with E-state index in [-0.39, 0.29) is 0 Å². The average Bonchev–Trinajstić information content (AvgIpc) is 2.07. The predicted molar refractivity (Wildman–Crippen MR) is 53.4 cm³/mol. The molecular weight excluding hydrogens is 148 g/mol. The van der Waals surface area contributed by atoms with Crippen molar-refractivity contribution in [2.45, 2.75) is 20.8 Å². The van der Waals surface area contributed by atoms with Crippen molar-refractivity contribution < 1.29 is 0 Å². The topological polar surface area (TPSA) is 6.48 Å². The molecular formula is C10H22N2. The monoisotopic (exact) mass is 170 g/mol. The standard InChI is InChI=1S/C10H22N2/c1-5-12-7-6-11(4)8-10(2,3)9-12/h5-9H2,1-4H3. The summed E-state index contributed by atoms with van der Waals surface area (Å²) in [6.07, 6.45) is 0. The highest BCUT2D eigenvalue weighted by Crippen LogP contribution is 2.20. The van der Waals surface area contributed by atoms with Gasteiger partial charge in [0.1, 0.15) is 0 Å². The van der Waals surface area contributed by atoms with Crippen LogP contribution in [0.4, 0.5) is 0 Å². The van der Waals surface area contributed by atoms with E-state index in [0.717, 1.165) is 0 Å². The molecule has 0 unspecified atom stereocenters. The molecule has 0 spiro atoms. The number of likely N-dealkylation sites (N-methyl/N-ethyl adjacent to an activating group) is 2. The van der Waals surface area contributed by atoms with Gasteiger partial charge < -0.3 is 9.80 Å². The average molecular weight is 170 g/mol. The van der Waals surface area contributed by atoms with E-state index in [4.69, 9.17) is 0 Å². The van der Waals surface area contributed by atoms with Crippen LogP contribution in [0.25, 0.3) is 0 Å². The van der Waals surface area contributed by atoms with E-state index in [1.807, 2.05) is 0 Å². The van der Waals surface area contributed by atoms with Crippen LogP contribution in [0, 0.1) is 5.41 Å². The summed E-state index contributed by atoms with van der Waals surface area (Å²) in [5, 5.41) is 0. The molecule has 72 valence electrons. The van der Waals surface area contributed by atoms with Gasteiger partial charge in [0.2, 0.25) is 0 Å². The second-order valence-corrected chi connectivity index (χ2v) is 4.77. The number of hydrogen-bond donors (Lipinski definition) is 0. The molecule has 0 aliphatic carbocycles. The molecule has 1 rings (SSSR count). The predicted octanol–water partition coefficient (Wildman–Crippen LogP) is 1.28.